The van der Waals surface area contributed by atoms with Gasteiger partial charge in [0.25, 0.3) is 0 Å². The van der Waals surface area contributed by atoms with Crippen LogP contribution in [0.5, 0.6) is 11.5 Å². The first-order chi connectivity index (χ1) is 15.1. The maximum atomic E-state index is 13.1. The molecule has 1 saturated heterocycles. The molecular formula is C24H32N2O4S. The highest BCUT2D eigenvalue weighted by Crippen LogP contribution is 2.33. The minimum absolute atomic E-state index is 0.0640. The third-order valence-electron chi connectivity index (χ3n) is 6.40. The van der Waals surface area contributed by atoms with E-state index in [2.05, 4.69) is 11.8 Å². The van der Waals surface area contributed by atoms with E-state index in [1.54, 1.807) is 18.4 Å². The van der Waals surface area contributed by atoms with Crippen molar-refractivity contribution in [3.63, 3.8) is 0 Å². The number of aliphatic hydroxyl groups is 1. The molecule has 1 aromatic heterocycles. The third-order valence-corrected chi connectivity index (χ3v) is 7.35. The average Bonchev–Trinajstić information content (AvgIpc) is 3.27. The lowest BCUT2D eigenvalue weighted by Gasteiger charge is -2.35. The van der Waals surface area contributed by atoms with E-state index in [9.17, 15) is 9.90 Å². The van der Waals surface area contributed by atoms with Gasteiger partial charge in [0.15, 0.2) is 0 Å². The molecule has 2 aromatic rings. The first kappa shape index (κ1) is 22.1. The van der Waals surface area contributed by atoms with Gasteiger partial charge in [-0.3, -0.25) is 9.69 Å². The van der Waals surface area contributed by atoms with E-state index in [0.29, 0.717) is 26.2 Å². The first-order valence-electron chi connectivity index (χ1n) is 11.1. The molecule has 31 heavy (non-hydrogen) atoms. The second-order valence-electron chi connectivity index (χ2n) is 8.47. The second-order valence-corrected chi connectivity index (χ2v) is 9.45. The van der Waals surface area contributed by atoms with Crippen LogP contribution in [0.4, 0.5) is 0 Å². The number of benzene rings is 1. The molecule has 4 rings (SSSR count). The zero-order valence-corrected chi connectivity index (χ0v) is 19.1. The van der Waals surface area contributed by atoms with Gasteiger partial charge in [-0.15, -0.1) is 11.3 Å². The van der Waals surface area contributed by atoms with Crippen molar-refractivity contribution >= 4 is 17.2 Å². The molecule has 2 aliphatic heterocycles. The number of rotatable bonds is 6. The summed E-state index contributed by atoms with van der Waals surface area (Å²) in [4.78, 5) is 18.2. The topological polar surface area (TPSA) is 62.2 Å². The minimum atomic E-state index is -0.420. The first-order valence-corrected chi connectivity index (χ1v) is 12.0. The number of ether oxygens (including phenoxy) is 2. The van der Waals surface area contributed by atoms with E-state index < -0.39 is 6.10 Å². The van der Waals surface area contributed by atoms with Crippen LogP contribution in [0, 0.1) is 5.92 Å². The normalized spacial score (nSPS) is 21.1. The third kappa shape index (κ3) is 5.22. The molecule has 168 valence electrons. The number of thiophene rings is 1. The number of carbonyl (C=O) groups excluding carboxylic acids is 1. The van der Waals surface area contributed by atoms with Crippen LogP contribution in [-0.4, -0.2) is 60.2 Å². The van der Waals surface area contributed by atoms with Crippen molar-refractivity contribution in [3.8, 4) is 11.5 Å². The number of piperidine rings is 1. The lowest BCUT2D eigenvalue weighted by molar-refractivity contribution is -0.134. The minimum Gasteiger partial charge on any atom is -0.497 e. The quantitative estimate of drug-likeness (QED) is 0.736. The Hall–Kier alpha value is -2.09. The summed E-state index contributed by atoms with van der Waals surface area (Å²) >= 11 is 1.60. The monoisotopic (exact) mass is 444 g/mol. The van der Waals surface area contributed by atoms with Gasteiger partial charge < -0.3 is 19.5 Å². The van der Waals surface area contributed by atoms with Crippen LogP contribution in [0.1, 0.15) is 42.7 Å². The van der Waals surface area contributed by atoms with Crippen molar-refractivity contribution in [3.05, 3.63) is 46.2 Å². The van der Waals surface area contributed by atoms with E-state index in [1.807, 2.05) is 40.6 Å². The van der Waals surface area contributed by atoms with Crippen LogP contribution in [-0.2, 0) is 11.3 Å². The molecule has 1 N–H and O–H groups in total. The largest absolute Gasteiger partial charge is 0.497 e. The molecule has 3 heterocycles. The Balaban J connectivity index is 1.36. The van der Waals surface area contributed by atoms with Crippen LogP contribution in [0.3, 0.4) is 0 Å². The van der Waals surface area contributed by atoms with Gasteiger partial charge >= 0.3 is 0 Å². The van der Waals surface area contributed by atoms with Gasteiger partial charge in [0.05, 0.1) is 19.8 Å². The van der Waals surface area contributed by atoms with Crippen molar-refractivity contribution in [2.24, 2.45) is 5.92 Å². The fraction of sp³-hybridized carbons (Fsp3) is 0.542. The molecule has 7 heteroatoms. The Labute approximate surface area is 188 Å². The van der Waals surface area contributed by atoms with E-state index >= 15 is 0 Å². The summed E-state index contributed by atoms with van der Waals surface area (Å²) < 4.78 is 11.6. The maximum Gasteiger partial charge on any atom is 0.236 e. The van der Waals surface area contributed by atoms with Gasteiger partial charge in [-0.1, -0.05) is 13.0 Å². The molecule has 0 aliphatic carbocycles. The number of fused-ring (bicyclic) bond motifs is 1. The summed E-state index contributed by atoms with van der Waals surface area (Å²) in [6.45, 7) is 5.31. The molecule has 0 unspecified atom stereocenters. The number of likely N-dealkylation sites (tertiary alicyclic amines) is 1. The number of hydrogen-bond donors (Lipinski definition) is 1. The highest BCUT2D eigenvalue weighted by Gasteiger charge is 2.30. The number of amides is 1. The van der Waals surface area contributed by atoms with Gasteiger partial charge in [-0.25, -0.2) is 0 Å². The van der Waals surface area contributed by atoms with Gasteiger partial charge in [0.2, 0.25) is 5.91 Å². The maximum absolute atomic E-state index is 13.1. The summed E-state index contributed by atoms with van der Waals surface area (Å²) in [6, 6.07) is 9.85. The lowest BCUT2D eigenvalue weighted by atomic mass is 9.90. The highest BCUT2D eigenvalue weighted by atomic mass is 32.1. The number of carbonyl (C=O) groups is 1. The molecule has 0 bridgehead atoms. The summed E-state index contributed by atoms with van der Waals surface area (Å²) in [6.07, 6.45) is 2.21. The van der Waals surface area contributed by atoms with Crippen molar-refractivity contribution in [2.45, 2.75) is 44.9 Å². The second kappa shape index (κ2) is 10.0. The van der Waals surface area contributed by atoms with Gasteiger partial charge in [-0.2, -0.15) is 0 Å². The fourth-order valence-corrected chi connectivity index (χ4v) is 5.32. The number of nitrogens with zero attached hydrogens (tertiary/aromatic N) is 2. The predicted octanol–water partition coefficient (Wildman–Crippen LogP) is 3.70. The van der Waals surface area contributed by atoms with Crippen LogP contribution in [0.25, 0.3) is 0 Å². The van der Waals surface area contributed by atoms with Crippen LogP contribution in [0.15, 0.2) is 35.7 Å². The van der Waals surface area contributed by atoms with Crippen LogP contribution in [0.2, 0.25) is 0 Å². The Morgan fingerprint density at radius 3 is 2.81 bits per heavy atom. The Bertz CT molecular complexity index is 864. The Morgan fingerprint density at radius 2 is 2.13 bits per heavy atom. The van der Waals surface area contributed by atoms with E-state index in [0.717, 1.165) is 47.7 Å². The smallest absolute Gasteiger partial charge is 0.236 e. The van der Waals surface area contributed by atoms with E-state index in [4.69, 9.17) is 9.47 Å². The molecule has 2 atom stereocenters. The molecule has 2 aliphatic rings. The zero-order chi connectivity index (χ0) is 21.8. The molecule has 6 nitrogen and oxygen atoms in total. The van der Waals surface area contributed by atoms with Gasteiger partial charge in [0, 0.05) is 36.6 Å². The Morgan fingerprint density at radius 1 is 1.32 bits per heavy atom. The fourth-order valence-electron chi connectivity index (χ4n) is 4.51. The van der Waals surface area contributed by atoms with Crippen LogP contribution < -0.4 is 9.47 Å². The van der Waals surface area contributed by atoms with Crippen molar-refractivity contribution in [1.82, 2.24) is 9.80 Å². The summed E-state index contributed by atoms with van der Waals surface area (Å²) in [5, 5.41) is 12.6. The molecule has 0 saturated carbocycles. The van der Waals surface area contributed by atoms with Crippen molar-refractivity contribution in [2.75, 3.05) is 33.3 Å². The van der Waals surface area contributed by atoms with E-state index in [-0.39, 0.29) is 17.9 Å². The van der Waals surface area contributed by atoms with Crippen molar-refractivity contribution in [1.29, 1.82) is 0 Å². The molecule has 1 aromatic carbocycles. The summed E-state index contributed by atoms with van der Waals surface area (Å²) in [7, 11) is 1.66. The van der Waals surface area contributed by atoms with Crippen molar-refractivity contribution < 1.29 is 19.4 Å². The summed E-state index contributed by atoms with van der Waals surface area (Å²) in [5.74, 6) is 2.06. The molecule has 0 radical (unpaired) electrons. The average molecular weight is 445 g/mol. The molecule has 0 spiro atoms. The lowest BCUT2D eigenvalue weighted by Crippen LogP contribution is -2.46. The number of aliphatic hydroxyl groups excluding tert-OH is 1. The SMILES string of the molecule is CC[C@H]1CN(CC(=O)N2CCC([C@@H](O)c3cccs3)CC2)Cc2cc(OC)ccc2O1. The van der Waals surface area contributed by atoms with Gasteiger partial charge in [0.1, 0.15) is 17.6 Å². The highest BCUT2D eigenvalue weighted by molar-refractivity contribution is 7.10. The number of hydrogen-bond acceptors (Lipinski definition) is 6. The zero-order valence-electron chi connectivity index (χ0n) is 18.3. The standard InChI is InChI=1S/C24H32N2O4S/c1-3-19-15-25(14-18-13-20(29-2)6-7-21(18)30-19)16-23(27)26-10-8-17(9-11-26)24(28)22-5-4-12-31-22/h4-7,12-13,17,19,24,28H,3,8-11,14-16H2,1-2H3/t19-,24+/m0/s1. The predicted molar refractivity (Wildman–Crippen MR) is 122 cm³/mol. The molecule has 1 fully saturated rings. The molecular weight excluding hydrogens is 412 g/mol. The number of methoxy groups -OCH3 is 1. The Kier molecular flexibility index (Phi) is 7.15. The molecule has 1 amide bonds. The van der Waals surface area contributed by atoms with Gasteiger partial charge in [-0.05, 0) is 54.8 Å². The summed E-state index contributed by atoms with van der Waals surface area (Å²) in [5.41, 5.74) is 1.06. The van der Waals surface area contributed by atoms with Crippen LogP contribution >= 0.6 is 11.3 Å². The van der Waals surface area contributed by atoms with E-state index in [1.165, 1.54) is 0 Å².